The molecule has 2 heterocycles. The monoisotopic (exact) mass is 369 g/mol. The molecule has 8 heteroatoms. The lowest BCUT2D eigenvalue weighted by atomic mass is 10.1. The fourth-order valence-corrected chi connectivity index (χ4v) is 2.45. The number of halogens is 1. The van der Waals surface area contributed by atoms with E-state index in [-0.39, 0.29) is 12.1 Å². The number of anilines is 1. The molecule has 2 aromatic heterocycles. The number of hydrogen-bond donors (Lipinski definition) is 3. The van der Waals surface area contributed by atoms with Gasteiger partial charge in [-0.05, 0) is 35.9 Å². The maximum Gasteiger partial charge on any atom is 0.277 e. The van der Waals surface area contributed by atoms with Gasteiger partial charge in [0.15, 0.2) is 0 Å². The van der Waals surface area contributed by atoms with Crippen molar-refractivity contribution in [2.45, 2.75) is 6.54 Å². The van der Waals surface area contributed by atoms with Gasteiger partial charge in [-0.25, -0.2) is 10.1 Å². The first-order valence-electron chi connectivity index (χ1n) is 7.83. The number of nitrogens with zero attached hydrogens (tertiary/aromatic N) is 2. The number of nitrogens with one attached hydrogen (secondary N) is 3. The quantitative estimate of drug-likeness (QED) is 0.641. The Hall–Kier alpha value is -3.19. The molecule has 0 bridgehead atoms. The summed E-state index contributed by atoms with van der Waals surface area (Å²) in [5.74, 6) is 0.178. The van der Waals surface area contributed by atoms with E-state index in [0.29, 0.717) is 16.5 Å². The van der Waals surface area contributed by atoms with Gasteiger partial charge in [0, 0.05) is 30.4 Å². The Morgan fingerprint density at radius 2 is 1.96 bits per heavy atom. The van der Waals surface area contributed by atoms with Gasteiger partial charge in [0.2, 0.25) is 0 Å². The van der Waals surface area contributed by atoms with E-state index in [1.807, 2.05) is 0 Å². The molecular weight excluding hydrogens is 354 g/mol. The van der Waals surface area contributed by atoms with Gasteiger partial charge >= 0.3 is 0 Å². The maximum atomic E-state index is 12.4. The number of pyridine rings is 1. The van der Waals surface area contributed by atoms with Crippen LogP contribution >= 0.6 is 11.6 Å². The summed E-state index contributed by atoms with van der Waals surface area (Å²) in [4.78, 5) is 28.5. The van der Waals surface area contributed by atoms with Crippen molar-refractivity contribution in [1.29, 1.82) is 0 Å². The van der Waals surface area contributed by atoms with Crippen LogP contribution in [-0.4, -0.2) is 28.1 Å². The molecule has 132 valence electrons. The van der Waals surface area contributed by atoms with Crippen LogP contribution in [0.4, 0.5) is 5.82 Å². The van der Waals surface area contributed by atoms with Crippen LogP contribution in [0.15, 0.2) is 53.5 Å². The first-order chi connectivity index (χ1) is 12.6. The molecule has 26 heavy (non-hydrogen) atoms. The molecule has 3 aromatic rings. The zero-order valence-electron chi connectivity index (χ0n) is 13.9. The number of benzene rings is 1. The first-order valence-corrected chi connectivity index (χ1v) is 8.21. The van der Waals surface area contributed by atoms with E-state index in [1.54, 1.807) is 49.6 Å². The highest BCUT2D eigenvalue weighted by molar-refractivity contribution is 6.30. The van der Waals surface area contributed by atoms with Crippen LogP contribution in [0.2, 0.25) is 5.02 Å². The average molecular weight is 370 g/mol. The summed E-state index contributed by atoms with van der Waals surface area (Å²) in [6.07, 6.45) is 1.62. The predicted octanol–water partition coefficient (Wildman–Crippen LogP) is 2.46. The summed E-state index contributed by atoms with van der Waals surface area (Å²) >= 11 is 5.84. The molecule has 1 aromatic carbocycles. The summed E-state index contributed by atoms with van der Waals surface area (Å²) in [6, 6.07) is 12.1. The fourth-order valence-electron chi connectivity index (χ4n) is 2.33. The molecule has 0 aliphatic heterocycles. The van der Waals surface area contributed by atoms with E-state index in [4.69, 9.17) is 11.6 Å². The molecule has 0 aliphatic carbocycles. The van der Waals surface area contributed by atoms with Gasteiger partial charge in [-0.1, -0.05) is 23.7 Å². The lowest BCUT2D eigenvalue weighted by Gasteiger charge is -2.07. The number of aromatic nitrogens is 3. The summed E-state index contributed by atoms with van der Waals surface area (Å²) in [6.45, 7) is 0.284. The summed E-state index contributed by atoms with van der Waals surface area (Å²) in [7, 11) is 1.75. The molecule has 0 radical (unpaired) electrons. The number of carbonyl (C=O) groups excluding carboxylic acids is 1. The number of aromatic amines is 1. The number of carbonyl (C=O) groups is 1. The van der Waals surface area contributed by atoms with E-state index < -0.39 is 11.5 Å². The zero-order valence-corrected chi connectivity index (χ0v) is 14.7. The molecular formula is C18H16ClN5O2. The molecule has 0 atom stereocenters. The standard InChI is InChI=1S/C18H16ClN5O2/c1-20-16-8-12(6-7-21-16)15-9-14(18(26)24-23-15)17(25)22-10-11-2-4-13(19)5-3-11/h2-9H,10H2,1H3,(H,20,21)(H,22,25)(H,24,26). The lowest BCUT2D eigenvalue weighted by molar-refractivity contribution is 0.0949. The minimum atomic E-state index is -0.551. The van der Waals surface area contributed by atoms with Gasteiger partial charge in [-0.3, -0.25) is 9.59 Å². The van der Waals surface area contributed by atoms with E-state index in [9.17, 15) is 9.59 Å². The van der Waals surface area contributed by atoms with Crippen LogP contribution in [-0.2, 0) is 6.54 Å². The van der Waals surface area contributed by atoms with Crippen molar-refractivity contribution in [3.63, 3.8) is 0 Å². The lowest BCUT2D eigenvalue weighted by Crippen LogP contribution is -2.29. The SMILES string of the molecule is CNc1cc(-c2cc(C(=O)NCc3ccc(Cl)cc3)c(=O)[nH]n2)ccn1. The van der Waals surface area contributed by atoms with Crippen LogP contribution in [0, 0.1) is 0 Å². The Morgan fingerprint density at radius 1 is 1.19 bits per heavy atom. The van der Waals surface area contributed by atoms with Gasteiger partial charge in [0.1, 0.15) is 11.4 Å². The smallest absolute Gasteiger partial charge is 0.277 e. The van der Waals surface area contributed by atoms with Gasteiger partial charge < -0.3 is 10.6 Å². The second-order valence-electron chi connectivity index (χ2n) is 5.48. The first kappa shape index (κ1) is 17.6. The highest BCUT2D eigenvalue weighted by Crippen LogP contribution is 2.18. The third-order valence-corrected chi connectivity index (χ3v) is 3.98. The number of rotatable bonds is 5. The molecule has 7 nitrogen and oxygen atoms in total. The number of H-pyrrole nitrogens is 1. The average Bonchev–Trinajstić information content (AvgIpc) is 2.67. The van der Waals surface area contributed by atoms with Crippen molar-refractivity contribution in [2.75, 3.05) is 12.4 Å². The van der Waals surface area contributed by atoms with Crippen molar-refractivity contribution >= 4 is 23.3 Å². The fraction of sp³-hybridized carbons (Fsp3) is 0.111. The number of amides is 1. The van der Waals surface area contributed by atoms with Crippen molar-refractivity contribution in [3.8, 4) is 11.3 Å². The van der Waals surface area contributed by atoms with Gasteiger partial charge in [-0.2, -0.15) is 5.10 Å². The third-order valence-electron chi connectivity index (χ3n) is 3.73. The molecule has 0 saturated heterocycles. The second-order valence-corrected chi connectivity index (χ2v) is 5.92. The maximum absolute atomic E-state index is 12.4. The topological polar surface area (TPSA) is 99.8 Å². The van der Waals surface area contributed by atoms with Crippen LogP contribution < -0.4 is 16.2 Å². The molecule has 3 N–H and O–H groups in total. The Morgan fingerprint density at radius 3 is 2.69 bits per heavy atom. The predicted molar refractivity (Wildman–Crippen MR) is 100 cm³/mol. The highest BCUT2D eigenvalue weighted by Gasteiger charge is 2.13. The molecule has 3 rings (SSSR count). The third kappa shape index (κ3) is 4.07. The van der Waals surface area contributed by atoms with Crippen LogP contribution in [0.1, 0.15) is 15.9 Å². The molecule has 0 unspecified atom stereocenters. The molecule has 0 spiro atoms. The van der Waals surface area contributed by atoms with Crippen LogP contribution in [0.25, 0.3) is 11.3 Å². The molecule has 1 amide bonds. The highest BCUT2D eigenvalue weighted by atomic mass is 35.5. The minimum absolute atomic E-state index is 0.00761. The van der Waals surface area contributed by atoms with Crippen LogP contribution in [0.5, 0.6) is 0 Å². The normalized spacial score (nSPS) is 10.4. The Kier molecular flexibility index (Phi) is 5.28. The summed E-state index contributed by atoms with van der Waals surface area (Å²) in [5, 5.41) is 12.6. The Labute approximate surface area is 154 Å². The van der Waals surface area contributed by atoms with Crippen molar-refractivity contribution in [3.05, 3.63) is 75.2 Å². The summed E-state index contributed by atoms with van der Waals surface area (Å²) in [5.41, 5.74) is 1.52. The number of hydrogen-bond acceptors (Lipinski definition) is 5. The minimum Gasteiger partial charge on any atom is -0.373 e. The van der Waals surface area contributed by atoms with Crippen molar-refractivity contribution < 1.29 is 4.79 Å². The second kappa shape index (κ2) is 7.79. The molecule has 0 fully saturated rings. The summed E-state index contributed by atoms with van der Waals surface area (Å²) < 4.78 is 0. The van der Waals surface area contributed by atoms with E-state index >= 15 is 0 Å². The van der Waals surface area contributed by atoms with Crippen molar-refractivity contribution in [1.82, 2.24) is 20.5 Å². The molecule has 0 aliphatic rings. The van der Waals surface area contributed by atoms with E-state index in [2.05, 4.69) is 25.8 Å². The van der Waals surface area contributed by atoms with Gasteiger partial charge in [0.05, 0.1) is 5.69 Å². The molecule has 0 saturated carbocycles. The zero-order chi connectivity index (χ0) is 18.5. The van der Waals surface area contributed by atoms with Crippen molar-refractivity contribution in [2.24, 2.45) is 0 Å². The Balaban J connectivity index is 1.81. The van der Waals surface area contributed by atoms with E-state index in [1.165, 1.54) is 6.07 Å². The largest absolute Gasteiger partial charge is 0.373 e. The van der Waals surface area contributed by atoms with Crippen LogP contribution in [0.3, 0.4) is 0 Å². The van der Waals surface area contributed by atoms with Gasteiger partial charge in [0.25, 0.3) is 11.5 Å². The van der Waals surface area contributed by atoms with Gasteiger partial charge in [-0.15, -0.1) is 0 Å². The van der Waals surface area contributed by atoms with E-state index in [0.717, 1.165) is 11.1 Å². The Bertz CT molecular complexity index is 985.